The van der Waals surface area contributed by atoms with Gasteiger partial charge >= 0.3 is 5.97 Å². The summed E-state index contributed by atoms with van der Waals surface area (Å²) in [5, 5.41) is 3.36. The fourth-order valence-corrected chi connectivity index (χ4v) is 2.14. The molecule has 2 aromatic rings. The number of nitrogens with one attached hydrogen (secondary N) is 1. The van der Waals surface area contributed by atoms with E-state index >= 15 is 0 Å². The van der Waals surface area contributed by atoms with E-state index in [2.05, 4.69) is 17.4 Å². The van der Waals surface area contributed by atoms with Crippen LogP contribution in [0.2, 0.25) is 0 Å². The maximum absolute atomic E-state index is 12.1. The molecule has 0 spiro atoms. The van der Waals surface area contributed by atoms with Gasteiger partial charge in [0.2, 0.25) is 0 Å². The Bertz CT molecular complexity index is 642. The van der Waals surface area contributed by atoms with Crippen LogP contribution in [0.3, 0.4) is 0 Å². The maximum Gasteiger partial charge on any atom is 0.338 e. The lowest BCUT2D eigenvalue weighted by Gasteiger charge is -2.20. The molecule has 0 fully saturated rings. The third-order valence-corrected chi connectivity index (χ3v) is 3.18. The lowest BCUT2D eigenvalue weighted by atomic mass is 10.1. The van der Waals surface area contributed by atoms with E-state index in [0.29, 0.717) is 5.56 Å². The van der Waals surface area contributed by atoms with Gasteiger partial charge in [0.25, 0.3) is 0 Å². The van der Waals surface area contributed by atoms with Crippen LogP contribution in [-0.2, 0) is 11.3 Å². The highest BCUT2D eigenvalue weighted by Crippen LogP contribution is 2.19. The molecular weight excluding hydrogens is 274 g/mol. The zero-order chi connectivity index (χ0) is 16.2. The fourth-order valence-electron chi connectivity index (χ4n) is 2.14. The van der Waals surface area contributed by atoms with Crippen LogP contribution >= 0.6 is 0 Å². The zero-order valence-electron chi connectivity index (χ0n) is 13.6. The van der Waals surface area contributed by atoms with E-state index in [0.717, 1.165) is 17.8 Å². The molecule has 0 bridgehead atoms. The number of anilines is 1. The third-order valence-electron chi connectivity index (χ3n) is 3.18. The Morgan fingerprint density at radius 3 is 2.36 bits per heavy atom. The summed E-state index contributed by atoms with van der Waals surface area (Å²) in [4.78, 5) is 12.1. The molecule has 0 unspecified atom stereocenters. The Hall–Kier alpha value is -2.29. The summed E-state index contributed by atoms with van der Waals surface area (Å²) in [6.07, 6.45) is 0. The number of hydrogen-bond acceptors (Lipinski definition) is 3. The van der Waals surface area contributed by atoms with Gasteiger partial charge in [0.15, 0.2) is 0 Å². The Labute approximate surface area is 132 Å². The van der Waals surface area contributed by atoms with E-state index in [4.69, 9.17) is 4.74 Å². The van der Waals surface area contributed by atoms with Gasteiger partial charge in [-0.3, -0.25) is 0 Å². The van der Waals surface area contributed by atoms with E-state index in [-0.39, 0.29) is 5.97 Å². The fraction of sp³-hybridized carbons (Fsp3) is 0.316. The monoisotopic (exact) mass is 297 g/mol. The van der Waals surface area contributed by atoms with Gasteiger partial charge in [-0.25, -0.2) is 4.79 Å². The molecule has 0 aromatic heterocycles. The van der Waals surface area contributed by atoms with Crippen LogP contribution in [0, 0.1) is 6.92 Å². The highest BCUT2D eigenvalue weighted by molar-refractivity contribution is 5.91. The molecule has 1 N–H and O–H groups in total. The molecule has 0 heterocycles. The van der Waals surface area contributed by atoms with Crippen molar-refractivity contribution in [3.05, 3.63) is 65.2 Å². The topological polar surface area (TPSA) is 38.3 Å². The Balaban J connectivity index is 2.05. The Kier molecular flexibility index (Phi) is 4.86. The van der Waals surface area contributed by atoms with Crippen molar-refractivity contribution in [3.63, 3.8) is 0 Å². The van der Waals surface area contributed by atoms with Crippen molar-refractivity contribution in [2.24, 2.45) is 0 Å². The molecule has 0 atom stereocenters. The summed E-state index contributed by atoms with van der Waals surface area (Å²) in [7, 11) is 0. The van der Waals surface area contributed by atoms with Crippen LogP contribution in [0.1, 0.15) is 42.3 Å². The molecule has 0 amide bonds. The second-order valence-corrected chi connectivity index (χ2v) is 6.37. The van der Waals surface area contributed by atoms with E-state index in [1.165, 1.54) is 5.56 Å². The minimum Gasteiger partial charge on any atom is -0.456 e. The normalized spacial score (nSPS) is 11.1. The minimum atomic E-state index is -0.478. The van der Waals surface area contributed by atoms with Gasteiger partial charge < -0.3 is 10.1 Å². The summed E-state index contributed by atoms with van der Waals surface area (Å²) < 4.78 is 5.41. The molecule has 2 aromatic carbocycles. The molecule has 0 aliphatic carbocycles. The molecule has 2 rings (SSSR count). The number of carbonyl (C=O) groups is 1. The SMILES string of the molecule is Cc1cc(NCc2ccccc2)ccc1C(=O)OC(C)(C)C. The maximum atomic E-state index is 12.1. The molecule has 22 heavy (non-hydrogen) atoms. The molecule has 3 heteroatoms. The number of aryl methyl sites for hydroxylation is 1. The first-order valence-electron chi connectivity index (χ1n) is 7.47. The molecule has 116 valence electrons. The van der Waals surface area contributed by atoms with Crippen LogP contribution in [0.4, 0.5) is 5.69 Å². The van der Waals surface area contributed by atoms with Crippen molar-refractivity contribution < 1.29 is 9.53 Å². The predicted octanol–water partition coefficient (Wildman–Crippen LogP) is 4.56. The van der Waals surface area contributed by atoms with Gasteiger partial charge in [0, 0.05) is 12.2 Å². The summed E-state index contributed by atoms with van der Waals surface area (Å²) >= 11 is 0. The van der Waals surface area contributed by atoms with E-state index in [1.807, 2.05) is 64.1 Å². The molecule has 0 aliphatic rings. The van der Waals surface area contributed by atoms with Gasteiger partial charge in [0.1, 0.15) is 5.60 Å². The number of esters is 1. The van der Waals surface area contributed by atoms with Gasteiger partial charge in [-0.2, -0.15) is 0 Å². The molecule has 0 saturated carbocycles. The van der Waals surface area contributed by atoms with Crippen molar-refractivity contribution in [2.45, 2.75) is 39.8 Å². The zero-order valence-corrected chi connectivity index (χ0v) is 13.6. The first kappa shape index (κ1) is 16.1. The Morgan fingerprint density at radius 1 is 1.09 bits per heavy atom. The van der Waals surface area contributed by atoms with Crippen molar-refractivity contribution in [2.75, 3.05) is 5.32 Å². The minimum absolute atomic E-state index is 0.278. The van der Waals surface area contributed by atoms with E-state index in [9.17, 15) is 4.79 Å². The second-order valence-electron chi connectivity index (χ2n) is 6.37. The third kappa shape index (κ3) is 4.62. The van der Waals surface area contributed by atoms with Crippen LogP contribution < -0.4 is 5.32 Å². The van der Waals surface area contributed by atoms with Gasteiger partial charge in [-0.1, -0.05) is 30.3 Å². The van der Waals surface area contributed by atoms with Crippen molar-refractivity contribution in [1.29, 1.82) is 0 Å². The van der Waals surface area contributed by atoms with Crippen molar-refractivity contribution in [3.8, 4) is 0 Å². The second kappa shape index (κ2) is 6.65. The molecule has 0 saturated heterocycles. The first-order chi connectivity index (χ1) is 10.3. The number of ether oxygens (including phenoxy) is 1. The molecular formula is C19H23NO2. The van der Waals surface area contributed by atoms with Crippen LogP contribution in [0.5, 0.6) is 0 Å². The number of carbonyl (C=O) groups excluding carboxylic acids is 1. The highest BCUT2D eigenvalue weighted by atomic mass is 16.6. The quantitative estimate of drug-likeness (QED) is 0.841. The number of benzene rings is 2. The predicted molar refractivity (Wildman–Crippen MR) is 90.1 cm³/mol. The molecule has 0 aliphatic heterocycles. The van der Waals surface area contributed by atoms with Crippen molar-refractivity contribution in [1.82, 2.24) is 0 Å². The number of hydrogen-bond donors (Lipinski definition) is 1. The highest BCUT2D eigenvalue weighted by Gasteiger charge is 2.19. The first-order valence-corrected chi connectivity index (χ1v) is 7.47. The van der Waals surface area contributed by atoms with E-state index in [1.54, 1.807) is 0 Å². The number of rotatable bonds is 4. The summed E-state index contributed by atoms with van der Waals surface area (Å²) in [6.45, 7) is 8.29. The largest absolute Gasteiger partial charge is 0.456 e. The van der Waals surface area contributed by atoms with Crippen LogP contribution in [0.25, 0.3) is 0 Å². The van der Waals surface area contributed by atoms with Gasteiger partial charge in [-0.15, -0.1) is 0 Å². The van der Waals surface area contributed by atoms with Crippen molar-refractivity contribution >= 4 is 11.7 Å². The van der Waals surface area contributed by atoms with Crippen LogP contribution in [0.15, 0.2) is 48.5 Å². The average molecular weight is 297 g/mol. The average Bonchev–Trinajstić information content (AvgIpc) is 2.44. The van der Waals surface area contributed by atoms with Gasteiger partial charge in [0.05, 0.1) is 5.56 Å². The summed E-state index contributed by atoms with van der Waals surface area (Å²) in [5.41, 5.74) is 3.26. The van der Waals surface area contributed by atoms with E-state index < -0.39 is 5.60 Å². The molecule has 0 radical (unpaired) electrons. The lowest BCUT2D eigenvalue weighted by Crippen LogP contribution is -2.24. The lowest BCUT2D eigenvalue weighted by molar-refractivity contribution is 0.00688. The summed E-state index contributed by atoms with van der Waals surface area (Å²) in [6, 6.07) is 15.9. The molecule has 3 nitrogen and oxygen atoms in total. The standard InChI is InChI=1S/C19H23NO2/c1-14-12-16(20-13-15-8-6-5-7-9-15)10-11-17(14)18(21)22-19(2,3)4/h5-12,20H,13H2,1-4H3. The van der Waals surface area contributed by atoms with Crippen LogP contribution in [-0.4, -0.2) is 11.6 Å². The summed E-state index contributed by atoms with van der Waals surface area (Å²) in [5.74, 6) is -0.278. The van der Waals surface area contributed by atoms with Gasteiger partial charge in [-0.05, 0) is 57.0 Å². The Morgan fingerprint density at radius 2 is 1.77 bits per heavy atom. The smallest absolute Gasteiger partial charge is 0.338 e.